The molecule has 0 unspecified atom stereocenters. The van der Waals surface area contributed by atoms with E-state index < -0.39 is 0 Å². The lowest BCUT2D eigenvalue weighted by Crippen LogP contribution is -2.43. The molecule has 0 bridgehead atoms. The van der Waals surface area contributed by atoms with Gasteiger partial charge in [-0.15, -0.1) is 0 Å². The van der Waals surface area contributed by atoms with E-state index in [1.165, 1.54) is 0 Å². The van der Waals surface area contributed by atoms with Gasteiger partial charge in [0, 0.05) is 13.1 Å². The summed E-state index contributed by atoms with van der Waals surface area (Å²) in [6.07, 6.45) is 0. The van der Waals surface area contributed by atoms with Crippen LogP contribution in [0.1, 0.15) is 5.56 Å². The summed E-state index contributed by atoms with van der Waals surface area (Å²) in [6, 6.07) is 5.86. The number of methoxy groups -OCH3 is 1. The Hall–Kier alpha value is -1.75. The Morgan fingerprint density at radius 1 is 1.42 bits per heavy atom. The fourth-order valence-corrected chi connectivity index (χ4v) is 2.06. The van der Waals surface area contributed by atoms with Crippen LogP contribution in [0.25, 0.3) is 0 Å². The normalized spacial score (nSPS) is 15.2. The van der Waals surface area contributed by atoms with Crippen molar-refractivity contribution in [2.45, 2.75) is 6.92 Å². The van der Waals surface area contributed by atoms with E-state index in [-0.39, 0.29) is 12.5 Å². The third-order valence-electron chi connectivity index (χ3n) is 3.15. The van der Waals surface area contributed by atoms with Gasteiger partial charge in [-0.3, -0.25) is 4.79 Å². The molecule has 1 amide bonds. The van der Waals surface area contributed by atoms with Gasteiger partial charge in [0.2, 0.25) is 5.91 Å². The molecule has 104 valence electrons. The highest BCUT2D eigenvalue weighted by molar-refractivity contribution is 5.81. The minimum Gasteiger partial charge on any atom is -0.495 e. The number of benzene rings is 1. The van der Waals surface area contributed by atoms with Crippen molar-refractivity contribution in [1.29, 1.82) is 0 Å². The maximum Gasteiger partial charge on any atom is 0.242 e. The summed E-state index contributed by atoms with van der Waals surface area (Å²) >= 11 is 0. The highest BCUT2D eigenvalue weighted by atomic mass is 16.5. The number of rotatable bonds is 4. The Balaban J connectivity index is 1.94. The topological polar surface area (TPSA) is 50.8 Å². The van der Waals surface area contributed by atoms with Crippen molar-refractivity contribution < 1.29 is 14.3 Å². The Bertz CT molecular complexity index is 442. The molecule has 1 saturated heterocycles. The van der Waals surface area contributed by atoms with Gasteiger partial charge < -0.3 is 19.7 Å². The first-order valence-electron chi connectivity index (χ1n) is 6.45. The number of carbonyl (C=O) groups is 1. The highest BCUT2D eigenvalue weighted by Gasteiger charge is 2.16. The summed E-state index contributed by atoms with van der Waals surface area (Å²) < 4.78 is 10.5. The number of aryl methyl sites for hydroxylation is 1. The molecule has 1 aromatic carbocycles. The van der Waals surface area contributed by atoms with E-state index in [9.17, 15) is 4.79 Å². The van der Waals surface area contributed by atoms with Crippen molar-refractivity contribution in [2.24, 2.45) is 0 Å². The maximum atomic E-state index is 12.0. The van der Waals surface area contributed by atoms with Crippen LogP contribution in [0, 0.1) is 6.92 Å². The van der Waals surface area contributed by atoms with Crippen molar-refractivity contribution in [3.05, 3.63) is 23.8 Å². The zero-order valence-electron chi connectivity index (χ0n) is 11.4. The summed E-state index contributed by atoms with van der Waals surface area (Å²) in [5.74, 6) is 0.840. The zero-order valence-corrected chi connectivity index (χ0v) is 11.4. The summed E-state index contributed by atoms with van der Waals surface area (Å²) in [4.78, 5) is 13.8. The molecule has 5 heteroatoms. The van der Waals surface area contributed by atoms with Crippen LogP contribution in [-0.4, -0.2) is 50.8 Å². The van der Waals surface area contributed by atoms with Crippen LogP contribution in [-0.2, 0) is 9.53 Å². The second-order valence-corrected chi connectivity index (χ2v) is 4.55. The first-order valence-corrected chi connectivity index (χ1v) is 6.45. The molecule has 1 aromatic rings. The second kappa shape index (κ2) is 6.43. The smallest absolute Gasteiger partial charge is 0.242 e. The minimum absolute atomic E-state index is 0.0897. The fourth-order valence-electron chi connectivity index (χ4n) is 2.06. The van der Waals surface area contributed by atoms with Crippen LogP contribution in [0.3, 0.4) is 0 Å². The summed E-state index contributed by atoms with van der Waals surface area (Å²) in [7, 11) is 1.62. The quantitative estimate of drug-likeness (QED) is 0.890. The lowest BCUT2D eigenvalue weighted by Gasteiger charge is -2.27. The molecule has 19 heavy (non-hydrogen) atoms. The average Bonchev–Trinajstić information content (AvgIpc) is 2.46. The summed E-state index contributed by atoms with van der Waals surface area (Å²) in [6.45, 7) is 4.88. The zero-order chi connectivity index (χ0) is 13.7. The molecule has 0 radical (unpaired) electrons. The minimum atomic E-state index is 0.0897. The van der Waals surface area contributed by atoms with Gasteiger partial charge in [0.25, 0.3) is 0 Å². The molecular formula is C14H20N2O3. The van der Waals surface area contributed by atoms with Gasteiger partial charge in [-0.1, -0.05) is 6.07 Å². The van der Waals surface area contributed by atoms with E-state index in [0.717, 1.165) is 17.0 Å². The van der Waals surface area contributed by atoms with E-state index in [0.29, 0.717) is 26.3 Å². The number of morpholine rings is 1. The van der Waals surface area contributed by atoms with E-state index in [4.69, 9.17) is 9.47 Å². The molecule has 0 aromatic heterocycles. The molecule has 2 rings (SSSR count). The van der Waals surface area contributed by atoms with Crippen molar-refractivity contribution in [2.75, 3.05) is 45.3 Å². The van der Waals surface area contributed by atoms with Crippen molar-refractivity contribution >= 4 is 11.6 Å². The van der Waals surface area contributed by atoms with Crippen LogP contribution in [0.4, 0.5) is 5.69 Å². The van der Waals surface area contributed by atoms with Gasteiger partial charge >= 0.3 is 0 Å². The van der Waals surface area contributed by atoms with Gasteiger partial charge in [0.05, 0.1) is 32.6 Å². The number of amides is 1. The molecule has 0 saturated carbocycles. The molecule has 0 atom stereocenters. The Kier molecular flexibility index (Phi) is 4.63. The molecule has 0 aliphatic carbocycles. The van der Waals surface area contributed by atoms with Crippen LogP contribution in [0.2, 0.25) is 0 Å². The van der Waals surface area contributed by atoms with Gasteiger partial charge in [-0.05, 0) is 24.6 Å². The molecule has 1 heterocycles. The fraction of sp³-hybridized carbons (Fsp3) is 0.500. The number of carbonyl (C=O) groups excluding carboxylic acids is 1. The van der Waals surface area contributed by atoms with E-state index in [1.807, 2.05) is 30.0 Å². The highest BCUT2D eigenvalue weighted by Crippen LogP contribution is 2.24. The first-order chi connectivity index (χ1) is 9.20. The average molecular weight is 264 g/mol. The van der Waals surface area contributed by atoms with Gasteiger partial charge in [-0.25, -0.2) is 0 Å². The Morgan fingerprint density at radius 2 is 2.16 bits per heavy atom. The Labute approximate surface area is 113 Å². The number of hydrogen-bond acceptors (Lipinski definition) is 4. The molecule has 1 fully saturated rings. The molecule has 5 nitrogen and oxygen atoms in total. The van der Waals surface area contributed by atoms with E-state index in [1.54, 1.807) is 7.11 Å². The predicted molar refractivity (Wildman–Crippen MR) is 73.6 cm³/mol. The van der Waals surface area contributed by atoms with E-state index in [2.05, 4.69) is 5.32 Å². The largest absolute Gasteiger partial charge is 0.495 e. The monoisotopic (exact) mass is 264 g/mol. The second-order valence-electron chi connectivity index (χ2n) is 4.55. The standard InChI is InChI=1S/C14H20N2O3/c1-11-3-4-13(18-2)12(9-11)15-10-14(17)16-5-7-19-8-6-16/h3-4,9,15H,5-8,10H2,1-2H3. The van der Waals surface area contributed by atoms with Crippen molar-refractivity contribution in [3.8, 4) is 5.75 Å². The van der Waals surface area contributed by atoms with Gasteiger partial charge in [0.15, 0.2) is 0 Å². The van der Waals surface area contributed by atoms with E-state index >= 15 is 0 Å². The number of nitrogens with one attached hydrogen (secondary N) is 1. The molecule has 1 N–H and O–H groups in total. The van der Waals surface area contributed by atoms with Gasteiger partial charge in [-0.2, -0.15) is 0 Å². The van der Waals surface area contributed by atoms with Gasteiger partial charge in [0.1, 0.15) is 5.75 Å². The van der Waals surface area contributed by atoms with Crippen LogP contribution < -0.4 is 10.1 Å². The maximum absolute atomic E-state index is 12.0. The number of nitrogens with zero attached hydrogens (tertiary/aromatic N) is 1. The number of ether oxygens (including phenoxy) is 2. The molecular weight excluding hydrogens is 244 g/mol. The molecule has 0 spiro atoms. The number of hydrogen-bond donors (Lipinski definition) is 1. The predicted octanol–water partition coefficient (Wildman–Crippen LogP) is 1.27. The van der Waals surface area contributed by atoms with Crippen molar-refractivity contribution in [3.63, 3.8) is 0 Å². The SMILES string of the molecule is COc1ccc(C)cc1NCC(=O)N1CCOCC1. The molecule has 1 aliphatic rings. The third-order valence-corrected chi connectivity index (χ3v) is 3.15. The Morgan fingerprint density at radius 3 is 2.84 bits per heavy atom. The summed E-state index contributed by atoms with van der Waals surface area (Å²) in [5, 5.41) is 3.15. The molecule has 1 aliphatic heterocycles. The lowest BCUT2D eigenvalue weighted by atomic mass is 10.2. The third kappa shape index (κ3) is 3.61. The summed E-state index contributed by atoms with van der Waals surface area (Å²) in [5.41, 5.74) is 1.98. The number of anilines is 1. The van der Waals surface area contributed by atoms with Crippen molar-refractivity contribution in [1.82, 2.24) is 4.90 Å². The van der Waals surface area contributed by atoms with Crippen LogP contribution in [0.5, 0.6) is 5.75 Å². The van der Waals surface area contributed by atoms with Crippen LogP contribution in [0.15, 0.2) is 18.2 Å². The van der Waals surface area contributed by atoms with Crippen LogP contribution >= 0.6 is 0 Å². The lowest BCUT2D eigenvalue weighted by molar-refractivity contribution is -0.133. The first kappa shape index (κ1) is 13.7.